The van der Waals surface area contributed by atoms with Gasteiger partial charge in [0.25, 0.3) is 0 Å². The van der Waals surface area contributed by atoms with Crippen molar-refractivity contribution in [2.75, 3.05) is 49.3 Å². The largest absolute Gasteiger partial charge is 0.418 e. The standard InChI is InChI=1S/C24H26F3N7/c1-32(2)22-7-4-15(12-29-22)20-8-9-28-23(31-20)30-16-5-6-21(19(10-16)24(25,26)27)34-14-17-11-18(34)13-33(17)3/h4-10,12,17-18H,11,13-14H2,1-3H3,(H,28,30,31)/t17-,18-/m0/s1. The molecule has 5 rings (SSSR count). The average molecular weight is 470 g/mol. The van der Waals surface area contributed by atoms with E-state index in [1.54, 1.807) is 30.6 Å². The summed E-state index contributed by atoms with van der Waals surface area (Å²) in [7, 11) is 5.84. The van der Waals surface area contributed by atoms with Gasteiger partial charge >= 0.3 is 6.18 Å². The molecule has 2 aliphatic rings. The van der Waals surface area contributed by atoms with Gasteiger partial charge in [0.2, 0.25) is 5.95 Å². The van der Waals surface area contributed by atoms with Crippen LogP contribution in [0.3, 0.4) is 0 Å². The maximum atomic E-state index is 14.0. The van der Waals surface area contributed by atoms with E-state index in [1.807, 2.05) is 43.1 Å². The fourth-order valence-electron chi connectivity index (χ4n) is 4.76. The Kier molecular flexibility index (Phi) is 5.55. The molecule has 4 heterocycles. The monoisotopic (exact) mass is 469 g/mol. The second-order valence-electron chi connectivity index (χ2n) is 9.05. The number of halogens is 3. The molecular formula is C24H26F3N7. The van der Waals surface area contributed by atoms with E-state index in [9.17, 15) is 13.2 Å². The Bertz CT molecular complexity index is 1180. The van der Waals surface area contributed by atoms with E-state index in [4.69, 9.17) is 0 Å². The maximum absolute atomic E-state index is 14.0. The molecule has 0 unspecified atom stereocenters. The first-order valence-corrected chi connectivity index (χ1v) is 11.1. The van der Waals surface area contributed by atoms with Crippen molar-refractivity contribution < 1.29 is 13.2 Å². The van der Waals surface area contributed by atoms with Crippen molar-refractivity contribution in [3.05, 3.63) is 54.4 Å². The van der Waals surface area contributed by atoms with Crippen molar-refractivity contribution in [1.82, 2.24) is 19.9 Å². The highest BCUT2D eigenvalue weighted by molar-refractivity contribution is 5.67. The van der Waals surface area contributed by atoms with Gasteiger partial charge in [0, 0.05) is 68.6 Å². The minimum Gasteiger partial charge on any atom is -0.365 e. The van der Waals surface area contributed by atoms with Gasteiger partial charge in [-0.05, 0) is 49.9 Å². The number of nitrogens with zero attached hydrogens (tertiary/aromatic N) is 6. The zero-order valence-electron chi connectivity index (χ0n) is 19.2. The van der Waals surface area contributed by atoms with Gasteiger partial charge in [0.05, 0.1) is 11.3 Å². The smallest absolute Gasteiger partial charge is 0.365 e. The van der Waals surface area contributed by atoms with Gasteiger partial charge < -0.3 is 15.1 Å². The Balaban J connectivity index is 1.40. The van der Waals surface area contributed by atoms with Crippen LogP contribution in [0.1, 0.15) is 12.0 Å². The molecule has 34 heavy (non-hydrogen) atoms. The zero-order chi connectivity index (χ0) is 24.0. The van der Waals surface area contributed by atoms with Crippen LogP contribution in [-0.2, 0) is 6.18 Å². The molecule has 10 heteroatoms. The Hall–Kier alpha value is -3.40. The minimum atomic E-state index is -4.47. The lowest BCUT2D eigenvalue weighted by atomic mass is 10.1. The van der Waals surface area contributed by atoms with Crippen molar-refractivity contribution in [1.29, 1.82) is 0 Å². The molecule has 7 nitrogen and oxygen atoms in total. The van der Waals surface area contributed by atoms with Gasteiger partial charge in [-0.15, -0.1) is 0 Å². The van der Waals surface area contributed by atoms with Crippen LogP contribution in [0.5, 0.6) is 0 Å². The molecule has 2 bridgehead atoms. The molecule has 3 aromatic rings. The van der Waals surface area contributed by atoms with Gasteiger partial charge in [-0.2, -0.15) is 13.2 Å². The van der Waals surface area contributed by atoms with Crippen LogP contribution in [0, 0.1) is 0 Å². The predicted molar refractivity (Wildman–Crippen MR) is 126 cm³/mol. The third-order valence-corrected chi connectivity index (χ3v) is 6.54. The van der Waals surface area contributed by atoms with Crippen molar-refractivity contribution in [2.45, 2.75) is 24.7 Å². The number of alkyl halides is 3. The summed E-state index contributed by atoms with van der Waals surface area (Å²) in [5.41, 5.74) is 1.29. The van der Waals surface area contributed by atoms with Crippen LogP contribution in [0.2, 0.25) is 0 Å². The summed E-state index contributed by atoms with van der Waals surface area (Å²) in [5.74, 6) is 1.03. The van der Waals surface area contributed by atoms with Gasteiger partial charge in [-0.25, -0.2) is 15.0 Å². The normalized spacial score (nSPS) is 20.1. The SMILES string of the molecule is CN(C)c1ccc(-c2ccnc(Nc3ccc(N4C[C@@H]5C[C@H]4CN5C)c(C(F)(F)F)c3)n2)cn1. The molecule has 1 aromatic carbocycles. The fourth-order valence-corrected chi connectivity index (χ4v) is 4.76. The lowest BCUT2D eigenvalue weighted by Gasteiger charge is -2.35. The molecule has 0 amide bonds. The predicted octanol–water partition coefficient (Wildman–Crippen LogP) is 4.26. The Morgan fingerprint density at radius 1 is 1.03 bits per heavy atom. The van der Waals surface area contributed by atoms with Crippen molar-refractivity contribution in [3.8, 4) is 11.3 Å². The number of piperazine rings is 1. The number of hydrogen-bond acceptors (Lipinski definition) is 7. The molecule has 2 saturated heterocycles. The van der Waals surface area contributed by atoms with Gasteiger partial charge in [-0.3, -0.25) is 4.90 Å². The number of fused-ring (bicyclic) bond motifs is 2. The van der Waals surface area contributed by atoms with Crippen LogP contribution in [0.15, 0.2) is 48.8 Å². The van der Waals surface area contributed by atoms with E-state index in [2.05, 4.69) is 25.2 Å². The number of likely N-dealkylation sites (N-methyl/N-ethyl adjacent to an activating group) is 1. The van der Waals surface area contributed by atoms with E-state index in [0.717, 1.165) is 30.4 Å². The summed E-state index contributed by atoms with van der Waals surface area (Å²) in [6, 6.07) is 10.3. The van der Waals surface area contributed by atoms with Crippen molar-refractivity contribution in [3.63, 3.8) is 0 Å². The molecule has 0 saturated carbocycles. The quantitative estimate of drug-likeness (QED) is 0.599. The maximum Gasteiger partial charge on any atom is 0.418 e. The van der Waals surface area contributed by atoms with Crippen LogP contribution in [-0.4, -0.2) is 66.2 Å². The first-order chi connectivity index (χ1) is 16.2. The summed E-state index contributed by atoms with van der Waals surface area (Å²) in [4.78, 5) is 19.1. The summed E-state index contributed by atoms with van der Waals surface area (Å²) in [6.07, 6.45) is -0.289. The minimum absolute atomic E-state index is 0.113. The van der Waals surface area contributed by atoms with Crippen LogP contribution in [0.25, 0.3) is 11.3 Å². The second kappa shape index (κ2) is 8.43. The molecule has 2 fully saturated rings. The number of anilines is 4. The Morgan fingerprint density at radius 2 is 1.85 bits per heavy atom. The number of aromatic nitrogens is 3. The number of hydrogen-bond donors (Lipinski definition) is 1. The summed E-state index contributed by atoms with van der Waals surface area (Å²) in [6.45, 7) is 1.40. The van der Waals surface area contributed by atoms with Gasteiger partial charge in [-0.1, -0.05) is 0 Å². The first kappa shape index (κ1) is 22.4. The summed E-state index contributed by atoms with van der Waals surface area (Å²) < 4.78 is 42.0. The lowest BCUT2D eigenvalue weighted by molar-refractivity contribution is -0.137. The third-order valence-electron chi connectivity index (χ3n) is 6.54. The number of nitrogens with one attached hydrogen (secondary N) is 1. The molecule has 2 aromatic heterocycles. The van der Waals surface area contributed by atoms with Crippen molar-refractivity contribution >= 4 is 23.1 Å². The number of likely N-dealkylation sites (tertiary alicyclic amines) is 1. The highest BCUT2D eigenvalue weighted by Crippen LogP contribution is 2.42. The van der Waals surface area contributed by atoms with Crippen molar-refractivity contribution in [2.24, 2.45) is 0 Å². The molecule has 0 aliphatic carbocycles. The van der Waals surface area contributed by atoms with E-state index >= 15 is 0 Å². The van der Waals surface area contributed by atoms with Gasteiger partial charge in [0.1, 0.15) is 5.82 Å². The highest BCUT2D eigenvalue weighted by atomic mass is 19.4. The van der Waals surface area contributed by atoms with E-state index in [-0.39, 0.29) is 23.4 Å². The average Bonchev–Trinajstić information content (AvgIpc) is 3.38. The third kappa shape index (κ3) is 4.25. The second-order valence-corrected chi connectivity index (χ2v) is 9.05. The number of pyridine rings is 1. The molecule has 0 radical (unpaired) electrons. The molecular weight excluding hydrogens is 443 g/mol. The van der Waals surface area contributed by atoms with E-state index in [1.165, 1.54) is 0 Å². The topological polar surface area (TPSA) is 60.4 Å². The fraction of sp³-hybridized carbons (Fsp3) is 0.375. The molecule has 178 valence electrons. The summed E-state index contributed by atoms with van der Waals surface area (Å²) in [5, 5.41) is 2.94. The van der Waals surface area contributed by atoms with E-state index < -0.39 is 11.7 Å². The zero-order valence-corrected chi connectivity index (χ0v) is 19.2. The lowest BCUT2D eigenvalue weighted by Crippen LogP contribution is -2.45. The van der Waals surface area contributed by atoms with Crippen LogP contribution >= 0.6 is 0 Å². The molecule has 2 aliphatic heterocycles. The molecule has 2 atom stereocenters. The van der Waals surface area contributed by atoms with E-state index in [0.29, 0.717) is 18.3 Å². The highest BCUT2D eigenvalue weighted by Gasteiger charge is 2.44. The Morgan fingerprint density at radius 3 is 2.47 bits per heavy atom. The van der Waals surface area contributed by atoms with Gasteiger partial charge in [0.15, 0.2) is 0 Å². The number of rotatable bonds is 5. The molecule has 1 N–H and O–H groups in total. The van der Waals surface area contributed by atoms with Crippen LogP contribution < -0.4 is 15.1 Å². The first-order valence-electron chi connectivity index (χ1n) is 11.1. The number of benzene rings is 1. The Labute approximate surface area is 196 Å². The molecule has 0 spiro atoms. The van der Waals surface area contributed by atoms with Crippen LogP contribution in [0.4, 0.5) is 36.3 Å². The summed E-state index contributed by atoms with van der Waals surface area (Å²) >= 11 is 0.